The molecule has 2 aromatic rings. The minimum Gasteiger partial charge on any atom is -0.435 e. The number of carbonyl (C=O) groups is 1. The number of ether oxygens (including phenoxy) is 1. The number of hydrogen-bond acceptors (Lipinski definition) is 3. The van der Waals surface area contributed by atoms with Crippen LogP contribution in [0.3, 0.4) is 0 Å². The van der Waals surface area contributed by atoms with Crippen molar-refractivity contribution >= 4 is 5.91 Å². The number of carbonyl (C=O) groups excluding carboxylic acids is 1. The summed E-state index contributed by atoms with van der Waals surface area (Å²) in [7, 11) is 0. The molecule has 23 heavy (non-hydrogen) atoms. The molecule has 0 unspecified atom stereocenters. The van der Waals surface area contributed by atoms with E-state index in [2.05, 4.69) is 10.1 Å². The molecule has 0 aliphatic heterocycles. The van der Waals surface area contributed by atoms with E-state index < -0.39 is 24.4 Å². The molecule has 1 amide bonds. The quantitative estimate of drug-likeness (QED) is 0.918. The number of alkyl halides is 2. The summed E-state index contributed by atoms with van der Waals surface area (Å²) in [5.41, 5.74) is 0.605. The average molecular weight is 320 g/mol. The van der Waals surface area contributed by atoms with E-state index in [1.54, 1.807) is 0 Å². The Morgan fingerprint density at radius 2 is 1.70 bits per heavy atom. The van der Waals surface area contributed by atoms with Gasteiger partial charge in [-0.25, -0.2) is 4.39 Å². The van der Waals surface area contributed by atoms with Crippen LogP contribution in [-0.2, 0) is 0 Å². The number of nitriles is 1. The largest absolute Gasteiger partial charge is 0.435 e. The molecular weight excluding hydrogens is 309 g/mol. The maximum Gasteiger partial charge on any atom is 0.387 e. The molecule has 118 valence electrons. The lowest BCUT2D eigenvalue weighted by molar-refractivity contribution is -0.0498. The molecule has 0 aliphatic rings. The van der Waals surface area contributed by atoms with Crippen molar-refractivity contribution in [2.45, 2.75) is 12.7 Å². The van der Waals surface area contributed by atoms with Crippen LogP contribution in [0.25, 0.3) is 0 Å². The molecule has 4 nitrogen and oxygen atoms in total. The Bertz CT molecular complexity index is 710. The Balaban J connectivity index is 2.07. The molecule has 0 radical (unpaired) electrons. The van der Waals surface area contributed by atoms with E-state index in [1.165, 1.54) is 48.5 Å². The Kier molecular flexibility index (Phi) is 5.20. The van der Waals surface area contributed by atoms with Crippen molar-refractivity contribution in [2.75, 3.05) is 0 Å². The predicted octanol–water partition coefficient (Wildman–Crippen LogP) is 3.42. The zero-order valence-corrected chi connectivity index (χ0v) is 11.7. The lowest BCUT2D eigenvalue weighted by atomic mass is 10.1. The number of amides is 1. The van der Waals surface area contributed by atoms with E-state index >= 15 is 0 Å². The lowest BCUT2D eigenvalue weighted by Gasteiger charge is -2.12. The number of benzene rings is 2. The lowest BCUT2D eigenvalue weighted by Crippen LogP contribution is -2.27. The van der Waals surface area contributed by atoms with Crippen molar-refractivity contribution in [3.05, 3.63) is 65.5 Å². The van der Waals surface area contributed by atoms with Gasteiger partial charge >= 0.3 is 6.61 Å². The predicted molar refractivity (Wildman–Crippen MR) is 75.3 cm³/mol. The van der Waals surface area contributed by atoms with E-state index in [9.17, 15) is 18.0 Å². The summed E-state index contributed by atoms with van der Waals surface area (Å²) >= 11 is 0. The SMILES string of the molecule is N#C[C@@H](NC(=O)c1ccc(OC(F)F)cc1)c1ccc(F)cc1. The van der Waals surface area contributed by atoms with Gasteiger partial charge in [-0.15, -0.1) is 0 Å². The number of nitrogens with zero attached hydrogens (tertiary/aromatic N) is 1. The summed E-state index contributed by atoms with van der Waals surface area (Å²) in [5, 5.41) is 11.6. The Morgan fingerprint density at radius 3 is 2.22 bits per heavy atom. The van der Waals surface area contributed by atoms with Gasteiger partial charge in [-0.05, 0) is 42.0 Å². The first kappa shape index (κ1) is 16.4. The molecule has 2 aromatic carbocycles. The Morgan fingerprint density at radius 1 is 1.09 bits per heavy atom. The molecule has 0 bridgehead atoms. The molecule has 0 fully saturated rings. The molecule has 1 atom stereocenters. The molecule has 0 heterocycles. The Hall–Kier alpha value is -3.01. The van der Waals surface area contributed by atoms with Crippen LogP contribution >= 0.6 is 0 Å². The molecular formula is C16H11F3N2O2. The van der Waals surface area contributed by atoms with E-state index in [0.29, 0.717) is 5.56 Å². The van der Waals surface area contributed by atoms with Gasteiger partial charge in [-0.1, -0.05) is 12.1 Å². The van der Waals surface area contributed by atoms with E-state index in [-0.39, 0.29) is 11.3 Å². The highest BCUT2D eigenvalue weighted by molar-refractivity contribution is 5.94. The van der Waals surface area contributed by atoms with Crippen LogP contribution in [0.1, 0.15) is 22.0 Å². The second-order valence-corrected chi connectivity index (χ2v) is 4.49. The number of nitrogens with one attached hydrogen (secondary N) is 1. The summed E-state index contributed by atoms with van der Waals surface area (Å²) in [5.74, 6) is -1.09. The number of rotatable bonds is 5. The fourth-order valence-electron chi connectivity index (χ4n) is 1.85. The minimum atomic E-state index is -2.95. The minimum absolute atomic E-state index is 0.0769. The first-order valence-electron chi connectivity index (χ1n) is 6.50. The van der Waals surface area contributed by atoms with Gasteiger partial charge in [-0.3, -0.25) is 4.79 Å². The van der Waals surface area contributed by atoms with Gasteiger partial charge in [-0.2, -0.15) is 14.0 Å². The summed E-state index contributed by atoms with van der Waals surface area (Å²) < 4.78 is 41.2. The third-order valence-electron chi connectivity index (χ3n) is 2.95. The van der Waals surface area contributed by atoms with Gasteiger partial charge in [0.25, 0.3) is 5.91 Å². The number of halogens is 3. The standard InChI is InChI=1S/C16H11F3N2O2/c17-12-5-1-10(2-6-12)14(9-20)21-15(22)11-3-7-13(8-4-11)23-16(18)19/h1-8,14,16H,(H,21,22)/t14-/m1/s1. The second-order valence-electron chi connectivity index (χ2n) is 4.49. The molecule has 0 saturated heterocycles. The smallest absolute Gasteiger partial charge is 0.387 e. The monoisotopic (exact) mass is 320 g/mol. The van der Waals surface area contributed by atoms with Gasteiger partial charge < -0.3 is 10.1 Å². The van der Waals surface area contributed by atoms with Crippen molar-refractivity contribution in [3.8, 4) is 11.8 Å². The fraction of sp³-hybridized carbons (Fsp3) is 0.125. The van der Waals surface area contributed by atoms with Crippen LogP contribution in [0.15, 0.2) is 48.5 Å². The first-order chi connectivity index (χ1) is 11.0. The third kappa shape index (κ3) is 4.48. The van der Waals surface area contributed by atoms with Crippen molar-refractivity contribution in [1.82, 2.24) is 5.32 Å². The van der Waals surface area contributed by atoms with Gasteiger partial charge in [0.1, 0.15) is 17.6 Å². The van der Waals surface area contributed by atoms with Crippen LogP contribution in [0.2, 0.25) is 0 Å². The van der Waals surface area contributed by atoms with Crippen molar-refractivity contribution in [1.29, 1.82) is 5.26 Å². The average Bonchev–Trinajstić information content (AvgIpc) is 2.53. The maximum absolute atomic E-state index is 12.9. The zero-order valence-electron chi connectivity index (χ0n) is 11.7. The third-order valence-corrected chi connectivity index (χ3v) is 2.95. The van der Waals surface area contributed by atoms with Gasteiger partial charge in [0.15, 0.2) is 0 Å². The van der Waals surface area contributed by atoms with Crippen molar-refractivity contribution in [2.24, 2.45) is 0 Å². The summed E-state index contributed by atoms with van der Waals surface area (Å²) in [6, 6.07) is 11.1. The molecule has 0 saturated carbocycles. The topological polar surface area (TPSA) is 62.1 Å². The molecule has 7 heteroatoms. The van der Waals surface area contributed by atoms with E-state index in [4.69, 9.17) is 5.26 Å². The van der Waals surface area contributed by atoms with Crippen LogP contribution in [0.5, 0.6) is 5.75 Å². The first-order valence-corrected chi connectivity index (χ1v) is 6.50. The van der Waals surface area contributed by atoms with Gasteiger partial charge in [0.05, 0.1) is 6.07 Å². The molecule has 0 aromatic heterocycles. The molecule has 0 aliphatic carbocycles. The summed E-state index contributed by atoms with van der Waals surface area (Å²) in [6.07, 6.45) is 0. The molecule has 2 rings (SSSR count). The summed E-state index contributed by atoms with van der Waals surface area (Å²) in [6.45, 7) is -2.95. The van der Waals surface area contributed by atoms with Crippen LogP contribution in [0.4, 0.5) is 13.2 Å². The van der Waals surface area contributed by atoms with E-state index in [1.807, 2.05) is 6.07 Å². The highest BCUT2D eigenvalue weighted by Gasteiger charge is 2.15. The van der Waals surface area contributed by atoms with Crippen molar-refractivity contribution in [3.63, 3.8) is 0 Å². The maximum atomic E-state index is 12.9. The van der Waals surface area contributed by atoms with Crippen LogP contribution < -0.4 is 10.1 Å². The van der Waals surface area contributed by atoms with Gasteiger partial charge in [0.2, 0.25) is 0 Å². The fourth-order valence-corrected chi connectivity index (χ4v) is 1.85. The molecule has 1 N–H and O–H groups in total. The highest BCUT2D eigenvalue weighted by Crippen LogP contribution is 2.17. The van der Waals surface area contributed by atoms with E-state index in [0.717, 1.165) is 0 Å². The second kappa shape index (κ2) is 7.31. The van der Waals surface area contributed by atoms with Crippen LogP contribution in [-0.4, -0.2) is 12.5 Å². The van der Waals surface area contributed by atoms with Gasteiger partial charge in [0, 0.05) is 5.56 Å². The molecule has 0 spiro atoms. The van der Waals surface area contributed by atoms with Crippen LogP contribution in [0, 0.1) is 17.1 Å². The zero-order chi connectivity index (χ0) is 16.8. The highest BCUT2D eigenvalue weighted by atomic mass is 19.3. The number of hydrogen-bond donors (Lipinski definition) is 1. The Labute approximate surface area is 130 Å². The van der Waals surface area contributed by atoms with Crippen molar-refractivity contribution < 1.29 is 22.7 Å². The summed E-state index contributed by atoms with van der Waals surface area (Å²) in [4.78, 5) is 12.1. The normalized spacial score (nSPS) is 11.6.